The molecular formula is C11H11I2NO. The van der Waals surface area contributed by atoms with Gasteiger partial charge in [0.1, 0.15) is 0 Å². The van der Waals surface area contributed by atoms with Crippen molar-refractivity contribution in [1.29, 1.82) is 0 Å². The van der Waals surface area contributed by atoms with Crippen LogP contribution in [0.2, 0.25) is 0 Å². The van der Waals surface area contributed by atoms with Crippen molar-refractivity contribution in [2.45, 2.75) is 17.3 Å². The Morgan fingerprint density at radius 1 is 1.60 bits per heavy atom. The number of aromatic nitrogens is 1. The van der Waals surface area contributed by atoms with Crippen molar-refractivity contribution in [3.8, 4) is 0 Å². The van der Waals surface area contributed by atoms with Gasteiger partial charge in [0.2, 0.25) is 0 Å². The van der Waals surface area contributed by atoms with Gasteiger partial charge in [0.25, 0.3) is 0 Å². The summed E-state index contributed by atoms with van der Waals surface area (Å²) in [6.45, 7) is 3.62. The average molecular weight is 427 g/mol. The van der Waals surface area contributed by atoms with E-state index in [1.165, 1.54) is 0 Å². The van der Waals surface area contributed by atoms with E-state index in [-0.39, 0.29) is 5.78 Å². The maximum Gasteiger partial charge on any atom is 0.166 e. The maximum atomic E-state index is 11.9. The second-order valence-electron chi connectivity index (χ2n) is 3.00. The van der Waals surface area contributed by atoms with Crippen molar-refractivity contribution in [1.82, 2.24) is 4.98 Å². The fraction of sp³-hybridized carbons (Fsp3) is 0.273. The molecule has 0 aliphatic rings. The van der Waals surface area contributed by atoms with Crippen molar-refractivity contribution in [3.05, 3.63) is 39.7 Å². The summed E-state index contributed by atoms with van der Waals surface area (Å²) in [6, 6.07) is 1.87. The molecule has 4 heteroatoms. The lowest BCUT2D eigenvalue weighted by Gasteiger charge is -2.06. The quantitative estimate of drug-likeness (QED) is 0.310. The van der Waals surface area contributed by atoms with Crippen LogP contribution in [0.4, 0.5) is 0 Å². The molecule has 0 saturated heterocycles. The molecule has 0 bridgehead atoms. The van der Waals surface area contributed by atoms with Gasteiger partial charge in [-0.05, 0) is 35.1 Å². The van der Waals surface area contributed by atoms with E-state index in [0.717, 1.165) is 25.7 Å². The second-order valence-corrected chi connectivity index (χ2v) is 4.92. The largest absolute Gasteiger partial charge is 0.294 e. The molecule has 0 spiro atoms. The van der Waals surface area contributed by atoms with Crippen molar-refractivity contribution < 1.29 is 4.79 Å². The Balaban J connectivity index is 3.00. The highest BCUT2D eigenvalue weighted by Gasteiger charge is 2.14. The number of allylic oxidation sites excluding steroid dienone is 1. The molecular weight excluding hydrogens is 416 g/mol. The molecule has 0 aliphatic carbocycles. The van der Waals surface area contributed by atoms with E-state index in [0.29, 0.717) is 6.42 Å². The highest BCUT2D eigenvalue weighted by atomic mass is 127. The van der Waals surface area contributed by atoms with Crippen molar-refractivity contribution in [3.63, 3.8) is 0 Å². The topological polar surface area (TPSA) is 30.0 Å². The Kier molecular flexibility index (Phi) is 5.73. The first-order valence-electron chi connectivity index (χ1n) is 4.54. The van der Waals surface area contributed by atoms with Crippen LogP contribution >= 0.6 is 45.2 Å². The molecule has 1 heterocycles. The van der Waals surface area contributed by atoms with Gasteiger partial charge in [-0.25, -0.2) is 0 Å². The predicted molar refractivity (Wildman–Crippen MR) is 78.4 cm³/mol. The van der Waals surface area contributed by atoms with Crippen molar-refractivity contribution >= 4 is 51.0 Å². The molecule has 0 aromatic carbocycles. The number of carbonyl (C=O) groups excluding carboxylic acids is 1. The number of halogens is 2. The van der Waals surface area contributed by atoms with Crippen LogP contribution in [0.15, 0.2) is 24.9 Å². The van der Waals surface area contributed by atoms with Crippen LogP contribution in [-0.2, 0) is 4.43 Å². The van der Waals surface area contributed by atoms with Crippen LogP contribution in [0.3, 0.4) is 0 Å². The number of hydrogen-bond donors (Lipinski definition) is 0. The summed E-state index contributed by atoms with van der Waals surface area (Å²) in [5, 5.41) is 0. The van der Waals surface area contributed by atoms with Crippen LogP contribution in [0, 0.1) is 3.57 Å². The van der Waals surface area contributed by atoms with E-state index in [4.69, 9.17) is 0 Å². The van der Waals surface area contributed by atoms with E-state index < -0.39 is 0 Å². The van der Waals surface area contributed by atoms with Crippen LogP contribution in [0.25, 0.3) is 0 Å². The highest BCUT2D eigenvalue weighted by Crippen LogP contribution is 2.19. The molecule has 1 aromatic rings. The molecule has 0 unspecified atom stereocenters. The molecule has 2 nitrogen and oxygen atoms in total. The molecule has 15 heavy (non-hydrogen) atoms. The summed E-state index contributed by atoms with van der Waals surface area (Å²) < 4.78 is 1.76. The van der Waals surface area contributed by atoms with Crippen molar-refractivity contribution in [2.75, 3.05) is 0 Å². The first-order valence-corrected chi connectivity index (χ1v) is 7.14. The number of rotatable bonds is 5. The first-order chi connectivity index (χ1) is 7.20. The standard InChI is InChI=1S/C11H11I2NO/c1-2-3-4-10(15)11-8(13)5-6-14-9(11)7-12/h2,5-6H,1,3-4,7H2. The van der Waals surface area contributed by atoms with Gasteiger partial charge in [0.15, 0.2) is 5.78 Å². The van der Waals surface area contributed by atoms with Gasteiger partial charge in [-0.1, -0.05) is 28.7 Å². The van der Waals surface area contributed by atoms with E-state index in [1.807, 2.05) is 6.07 Å². The molecule has 0 aliphatic heterocycles. The highest BCUT2D eigenvalue weighted by molar-refractivity contribution is 14.1. The molecule has 0 amide bonds. The van der Waals surface area contributed by atoms with Gasteiger partial charge in [0.05, 0.1) is 11.3 Å². The summed E-state index contributed by atoms with van der Waals surface area (Å²) in [7, 11) is 0. The number of Topliss-reactive ketones (excluding diaryl/α,β-unsaturated/α-hetero) is 1. The van der Waals surface area contributed by atoms with Gasteiger partial charge in [-0.3, -0.25) is 9.78 Å². The van der Waals surface area contributed by atoms with Crippen LogP contribution in [0.5, 0.6) is 0 Å². The van der Waals surface area contributed by atoms with Crippen LogP contribution in [0.1, 0.15) is 28.9 Å². The number of hydrogen-bond acceptors (Lipinski definition) is 2. The Morgan fingerprint density at radius 3 is 2.93 bits per heavy atom. The monoisotopic (exact) mass is 427 g/mol. The van der Waals surface area contributed by atoms with E-state index >= 15 is 0 Å². The summed E-state index contributed by atoms with van der Waals surface area (Å²) in [5.74, 6) is 0.166. The third-order valence-electron chi connectivity index (χ3n) is 1.96. The lowest BCUT2D eigenvalue weighted by Crippen LogP contribution is -2.07. The lowest BCUT2D eigenvalue weighted by atomic mass is 10.1. The Morgan fingerprint density at radius 2 is 2.33 bits per heavy atom. The van der Waals surface area contributed by atoms with Crippen molar-refractivity contribution in [2.24, 2.45) is 0 Å². The third kappa shape index (κ3) is 3.51. The molecule has 0 fully saturated rings. The molecule has 1 rings (SSSR count). The number of ketones is 1. The summed E-state index contributed by atoms with van der Waals surface area (Å²) in [5.41, 5.74) is 1.67. The average Bonchev–Trinajstić information content (AvgIpc) is 2.25. The van der Waals surface area contributed by atoms with Gasteiger partial charge in [0, 0.05) is 20.6 Å². The molecule has 0 N–H and O–H groups in total. The van der Waals surface area contributed by atoms with Crippen LogP contribution in [-0.4, -0.2) is 10.8 Å². The molecule has 1 aromatic heterocycles. The zero-order valence-corrected chi connectivity index (χ0v) is 12.5. The minimum Gasteiger partial charge on any atom is -0.294 e. The smallest absolute Gasteiger partial charge is 0.166 e. The summed E-state index contributed by atoms with van der Waals surface area (Å²) >= 11 is 4.41. The molecule has 0 radical (unpaired) electrons. The maximum absolute atomic E-state index is 11.9. The summed E-state index contributed by atoms with van der Waals surface area (Å²) in [6.07, 6.45) is 4.77. The molecule has 80 valence electrons. The third-order valence-corrected chi connectivity index (χ3v) is 3.58. The minimum atomic E-state index is 0.166. The van der Waals surface area contributed by atoms with Gasteiger partial charge < -0.3 is 0 Å². The lowest BCUT2D eigenvalue weighted by molar-refractivity contribution is 0.0982. The summed E-state index contributed by atoms with van der Waals surface area (Å²) in [4.78, 5) is 16.1. The van der Waals surface area contributed by atoms with E-state index in [1.54, 1.807) is 12.3 Å². The zero-order chi connectivity index (χ0) is 11.3. The van der Waals surface area contributed by atoms with Crippen LogP contribution < -0.4 is 0 Å². The van der Waals surface area contributed by atoms with Gasteiger partial charge in [-0.15, -0.1) is 6.58 Å². The fourth-order valence-corrected chi connectivity index (χ4v) is 2.58. The van der Waals surface area contributed by atoms with Gasteiger partial charge in [-0.2, -0.15) is 0 Å². The van der Waals surface area contributed by atoms with E-state index in [9.17, 15) is 4.79 Å². The van der Waals surface area contributed by atoms with E-state index in [2.05, 4.69) is 56.7 Å². The Bertz CT molecular complexity index is 377. The second kappa shape index (κ2) is 6.57. The zero-order valence-electron chi connectivity index (χ0n) is 8.17. The minimum absolute atomic E-state index is 0.166. The number of alkyl halides is 1. The first kappa shape index (κ1) is 13.1. The van der Waals surface area contributed by atoms with Gasteiger partial charge >= 0.3 is 0 Å². The molecule has 0 atom stereocenters. The Hall–Kier alpha value is 0.0200. The number of nitrogens with zero attached hydrogens (tertiary/aromatic N) is 1. The fourth-order valence-electron chi connectivity index (χ4n) is 1.23. The Labute approximate surface area is 117 Å². The molecule has 0 saturated carbocycles. The predicted octanol–water partition coefficient (Wildman–Crippen LogP) is 3.77. The number of pyridine rings is 1. The number of carbonyl (C=O) groups is 1. The SMILES string of the molecule is C=CCCC(=O)c1c(I)ccnc1CI. The normalized spacial score (nSPS) is 10.0.